The minimum absolute atomic E-state index is 0.0564. The second kappa shape index (κ2) is 6.45. The maximum absolute atomic E-state index is 13.0. The van der Waals surface area contributed by atoms with E-state index in [0.717, 1.165) is 5.69 Å². The molecule has 2 fully saturated rings. The zero-order valence-electron chi connectivity index (χ0n) is 14.5. The largest absolute Gasteiger partial charge is 0.309 e. The summed E-state index contributed by atoms with van der Waals surface area (Å²) in [6.45, 7) is 1.68. The summed E-state index contributed by atoms with van der Waals surface area (Å²) >= 11 is 1.56. The second-order valence-electron chi connectivity index (χ2n) is 6.94. The molecule has 0 aliphatic carbocycles. The third kappa shape index (κ3) is 2.87. The van der Waals surface area contributed by atoms with Gasteiger partial charge in [-0.3, -0.25) is 9.69 Å². The summed E-state index contributed by atoms with van der Waals surface area (Å²) in [6.07, 6.45) is 0.712. The van der Waals surface area contributed by atoms with Gasteiger partial charge in [0, 0.05) is 25.0 Å². The van der Waals surface area contributed by atoms with Crippen molar-refractivity contribution in [1.82, 2.24) is 9.21 Å². The lowest BCUT2D eigenvalue weighted by Crippen LogP contribution is -2.64. The smallest absolute Gasteiger partial charge is 0.243 e. The highest BCUT2D eigenvalue weighted by atomic mass is 32.2. The van der Waals surface area contributed by atoms with Crippen LogP contribution >= 0.6 is 11.3 Å². The fraction of sp³-hybridized carbons (Fsp3) is 0.389. The number of carbonyl (C=O) groups is 1. The van der Waals surface area contributed by atoms with Crippen molar-refractivity contribution in [1.29, 1.82) is 0 Å². The third-order valence-electron chi connectivity index (χ3n) is 5.43. The van der Waals surface area contributed by atoms with E-state index >= 15 is 0 Å². The van der Waals surface area contributed by atoms with Crippen molar-refractivity contribution in [3.05, 3.63) is 47.2 Å². The molecule has 1 aromatic heterocycles. The number of rotatable bonds is 3. The molecule has 1 unspecified atom stereocenters. The van der Waals surface area contributed by atoms with Crippen LogP contribution in [-0.4, -0.2) is 62.3 Å². The minimum Gasteiger partial charge on any atom is -0.309 e. The Balaban J connectivity index is 1.61. The van der Waals surface area contributed by atoms with Gasteiger partial charge in [-0.25, -0.2) is 8.42 Å². The number of carbonyl (C=O) groups excluding carboxylic acids is 1. The van der Waals surface area contributed by atoms with Gasteiger partial charge in [0.05, 0.1) is 22.7 Å². The molecule has 1 atom stereocenters. The van der Waals surface area contributed by atoms with Crippen molar-refractivity contribution < 1.29 is 13.2 Å². The summed E-state index contributed by atoms with van der Waals surface area (Å²) < 4.78 is 27.5. The lowest BCUT2D eigenvalue weighted by molar-refractivity contribution is -0.123. The Hall–Kier alpha value is -1.74. The molecule has 2 aliphatic rings. The molecular weight excluding hydrogens is 370 g/mol. The number of benzene rings is 1. The normalized spacial score (nSPS) is 25.3. The average Bonchev–Trinajstić information content (AvgIpc) is 3.30. The Morgan fingerprint density at radius 3 is 2.58 bits per heavy atom. The number of likely N-dealkylation sites (N-methyl/N-ethyl adjacent to an activating group) is 1. The van der Waals surface area contributed by atoms with Gasteiger partial charge in [-0.2, -0.15) is 15.6 Å². The lowest BCUT2D eigenvalue weighted by Gasteiger charge is -2.46. The summed E-state index contributed by atoms with van der Waals surface area (Å²) in [4.78, 5) is 16.6. The molecule has 2 saturated heterocycles. The van der Waals surface area contributed by atoms with Crippen molar-refractivity contribution in [2.75, 3.05) is 38.1 Å². The van der Waals surface area contributed by atoms with Crippen LogP contribution in [0.1, 0.15) is 6.42 Å². The molecule has 138 valence electrons. The Labute approximate surface area is 157 Å². The van der Waals surface area contributed by atoms with Crippen molar-refractivity contribution in [2.24, 2.45) is 0 Å². The molecule has 2 aliphatic heterocycles. The topological polar surface area (TPSA) is 60.9 Å². The highest BCUT2D eigenvalue weighted by Gasteiger charge is 2.50. The summed E-state index contributed by atoms with van der Waals surface area (Å²) in [6, 6.07) is 10.5. The molecule has 2 aromatic rings. The predicted molar refractivity (Wildman–Crippen MR) is 102 cm³/mol. The van der Waals surface area contributed by atoms with Gasteiger partial charge in [0.1, 0.15) is 0 Å². The molecule has 8 heteroatoms. The number of hydrogen-bond acceptors (Lipinski definition) is 5. The zero-order valence-corrected chi connectivity index (χ0v) is 16.2. The monoisotopic (exact) mass is 391 g/mol. The summed E-state index contributed by atoms with van der Waals surface area (Å²) in [5.41, 5.74) is 0.550. The third-order valence-corrected chi connectivity index (χ3v) is 7.96. The number of piperazine rings is 1. The first kappa shape index (κ1) is 17.7. The van der Waals surface area contributed by atoms with Crippen molar-refractivity contribution in [2.45, 2.75) is 16.9 Å². The lowest BCUT2D eigenvalue weighted by atomic mass is 9.93. The molecule has 0 saturated carbocycles. The molecule has 26 heavy (non-hydrogen) atoms. The predicted octanol–water partition coefficient (Wildman–Crippen LogP) is 1.86. The van der Waals surface area contributed by atoms with Crippen LogP contribution in [0, 0.1) is 0 Å². The van der Waals surface area contributed by atoms with Crippen LogP contribution in [-0.2, 0) is 14.8 Å². The van der Waals surface area contributed by atoms with E-state index in [9.17, 15) is 13.2 Å². The number of hydrogen-bond donors (Lipinski definition) is 0. The number of amides is 1. The van der Waals surface area contributed by atoms with Crippen LogP contribution < -0.4 is 4.90 Å². The Morgan fingerprint density at radius 2 is 1.88 bits per heavy atom. The molecule has 3 heterocycles. The Kier molecular flexibility index (Phi) is 4.38. The Morgan fingerprint density at radius 1 is 1.12 bits per heavy atom. The van der Waals surface area contributed by atoms with E-state index in [2.05, 4.69) is 0 Å². The first-order chi connectivity index (χ1) is 12.4. The molecule has 0 N–H and O–H groups in total. The van der Waals surface area contributed by atoms with E-state index in [-0.39, 0.29) is 11.4 Å². The molecule has 4 rings (SSSR count). The molecule has 1 spiro atoms. The minimum atomic E-state index is -3.52. The van der Waals surface area contributed by atoms with Gasteiger partial charge in [0.25, 0.3) is 0 Å². The summed E-state index contributed by atoms with van der Waals surface area (Å²) in [5.74, 6) is 0.0564. The van der Waals surface area contributed by atoms with Gasteiger partial charge in [-0.1, -0.05) is 18.2 Å². The van der Waals surface area contributed by atoms with Gasteiger partial charge < -0.3 is 4.90 Å². The fourth-order valence-corrected chi connectivity index (χ4v) is 5.99. The highest BCUT2D eigenvalue weighted by molar-refractivity contribution is 7.89. The summed E-state index contributed by atoms with van der Waals surface area (Å²) in [5, 5.41) is 3.92. The zero-order chi connectivity index (χ0) is 18.4. The number of sulfonamides is 1. The van der Waals surface area contributed by atoms with Gasteiger partial charge in [-0.15, -0.1) is 0 Å². The first-order valence-electron chi connectivity index (χ1n) is 8.51. The maximum Gasteiger partial charge on any atom is 0.243 e. The van der Waals surface area contributed by atoms with E-state index in [1.54, 1.807) is 44.8 Å². The van der Waals surface area contributed by atoms with Crippen LogP contribution in [0.15, 0.2) is 52.1 Å². The molecular formula is C18H21N3O3S2. The fourth-order valence-electron chi connectivity index (χ4n) is 3.81. The molecule has 6 nitrogen and oxygen atoms in total. The molecule has 1 aromatic carbocycles. The van der Waals surface area contributed by atoms with E-state index < -0.39 is 10.0 Å². The molecule has 0 bridgehead atoms. The van der Waals surface area contributed by atoms with Crippen molar-refractivity contribution >= 4 is 33.0 Å². The second-order valence-corrected chi connectivity index (χ2v) is 9.66. The SMILES string of the molecule is CN1CC(=O)N(c2ccsc2)CC12CCN(S(=O)(=O)c1ccccc1)C2. The van der Waals surface area contributed by atoms with Gasteiger partial charge >= 0.3 is 0 Å². The molecule has 0 radical (unpaired) electrons. The van der Waals surface area contributed by atoms with E-state index in [1.165, 1.54) is 0 Å². The first-order valence-corrected chi connectivity index (χ1v) is 10.9. The standard InChI is InChI=1S/C18H21N3O3S2/c1-19-11-17(22)21(15-7-10-25-12-15)14-18(19)8-9-20(13-18)26(23,24)16-5-3-2-4-6-16/h2-7,10,12H,8-9,11,13-14H2,1H3. The number of anilines is 1. The van der Waals surface area contributed by atoms with Crippen LogP contribution in [0.25, 0.3) is 0 Å². The van der Waals surface area contributed by atoms with Gasteiger partial charge in [0.2, 0.25) is 15.9 Å². The molecule has 1 amide bonds. The number of thiophene rings is 1. The van der Waals surface area contributed by atoms with Crippen LogP contribution in [0.3, 0.4) is 0 Å². The van der Waals surface area contributed by atoms with E-state index in [4.69, 9.17) is 0 Å². The van der Waals surface area contributed by atoms with Crippen LogP contribution in [0.4, 0.5) is 5.69 Å². The summed E-state index contributed by atoms with van der Waals surface area (Å²) in [7, 11) is -1.60. The average molecular weight is 392 g/mol. The van der Waals surface area contributed by atoms with Crippen LogP contribution in [0.5, 0.6) is 0 Å². The highest BCUT2D eigenvalue weighted by Crippen LogP contribution is 2.36. The number of nitrogens with zero attached hydrogens (tertiary/aromatic N) is 3. The van der Waals surface area contributed by atoms with Gasteiger partial charge in [0.15, 0.2) is 0 Å². The van der Waals surface area contributed by atoms with Crippen LogP contribution in [0.2, 0.25) is 0 Å². The van der Waals surface area contributed by atoms with E-state index in [1.807, 2.05) is 34.8 Å². The van der Waals surface area contributed by atoms with Gasteiger partial charge in [-0.05, 0) is 37.0 Å². The maximum atomic E-state index is 13.0. The Bertz CT molecular complexity index is 899. The van der Waals surface area contributed by atoms with E-state index in [0.29, 0.717) is 37.5 Å². The quantitative estimate of drug-likeness (QED) is 0.801. The van der Waals surface area contributed by atoms with Crippen molar-refractivity contribution in [3.8, 4) is 0 Å². The van der Waals surface area contributed by atoms with Crippen molar-refractivity contribution in [3.63, 3.8) is 0 Å².